The fraction of sp³-hybridized carbons (Fsp3) is 0.583. The Bertz CT molecular complexity index is 338. The molecule has 0 saturated carbocycles. The van der Waals surface area contributed by atoms with Gasteiger partial charge in [-0.3, -0.25) is 4.90 Å². The molecular formula is C12H17BrN2. The summed E-state index contributed by atoms with van der Waals surface area (Å²) < 4.78 is 1.00. The van der Waals surface area contributed by atoms with E-state index in [-0.39, 0.29) is 0 Å². The van der Waals surface area contributed by atoms with Gasteiger partial charge in [-0.15, -0.1) is 0 Å². The Morgan fingerprint density at radius 3 is 3.00 bits per heavy atom. The van der Waals surface area contributed by atoms with Crippen LogP contribution in [0.25, 0.3) is 0 Å². The van der Waals surface area contributed by atoms with E-state index in [0.29, 0.717) is 12.1 Å². The van der Waals surface area contributed by atoms with E-state index >= 15 is 0 Å². The normalized spacial score (nSPS) is 22.5. The molecule has 0 amide bonds. The lowest BCUT2D eigenvalue weighted by Gasteiger charge is -2.28. The van der Waals surface area contributed by atoms with Gasteiger partial charge in [0.25, 0.3) is 0 Å². The first-order chi connectivity index (χ1) is 7.20. The van der Waals surface area contributed by atoms with Gasteiger partial charge in [0, 0.05) is 23.8 Å². The molecule has 2 heterocycles. The molecule has 0 N–H and O–H groups in total. The molecule has 1 atom stereocenters. The second kappa shape index (κ2) is 4.62. The van der Waals surface area contributed by atoms with Crippen molar-refractivity contribution in [3.05, 3.63) is 28.5 Å². The summed E-state index contributed by atoms with van der Waals surface area (Å²) in [6, 6.07) is 5.37. The summed E-state index contributed by atoms with van der Waals surface area (Å²) in [6.45, 7) is 5.74. The number of pyridine rings is 1. The summed E-state index contributed by atoms with van der Waals surface area (Å²) in [5, 5.41) is 0. The van der Waals surface area contributed by atoms with Gasteiger partial charge in [-0.1, -0.05) is 6.07 Å². The van der Waals surface area contributed by atoms with E-state index in [2.05, 4.69) is 45.7 Å². The van der Waals surface area contributed by atoms with Crippen LogP contribution >= 0.6 is 15.9 Å². The second-order valence-corrected chi connectivity index (χ2v) is 5.12. The van der Waals surface area contributed by atoms with Gasteiger partial charge in [0.15, 0.2) is 0 Å². The molecule has 0 radical (unpaired) electrons. The Morgan fingerprint density at radius 1 is 1.53 bits per heavy atom. The van der Waals surface area contributed by atoms with Crippen LogP contribution in [0.4, 0.5) is 0 Å². The van der Waals surface area contributed by atoms with Crippen molar-refractivity contribution in [3.8, 4) is 0 Å². The topological polar surface area (TPSA) is 16.1 Å². The first-order valence-electron chi connectivity index (χ1n) is 5.56. The molecule has 1 aromatic rings. The molecule has 2 rings (SSSR count). The lowest BCUT2D eigenvalue weighted by molar-refractivity contribution is 0.204. The lowest BCUT2D eigenvalue weighted by Crippen LogP contribution is -2.30. The predicted octanol–water partition coefficient (Wildman–Crippen LogP) is 3.39. The molecule has 1 aromatic heterocycles. The van der Waals surface area contributed by atoms with E-state index in [4.69, 9.17) is 0 Å². The van der Waals surface area contributed by atoms with Crippen LogP contribution in [0.15, 0.2) is 22.9 Å². The molecule has 82 valence electrons. The van der Waals surface area contributed by atoms with Crippen molar-refractivity contribution < 1.29 is 0 Å². The van der Waals surface area contributed by atoms with Gasteiger partial charge in [0.05, 0.1) is 0 Å². The Labute approximate surface area is 99.8 Å². The van der Waals surface area contributed by atoms with E-state index in [1.54, 1.807) is 0 Å². The van der Waals surface area contributed by atoms with Crippen LogP contribution in [0.3, 0.4) is 0 Å². The van der Waals surface area contributed by atoms with E-state index in [1.165, 1.54) is 24.9 Å². The lowest BCUT2D eigenvalue weighted by atomic mass is 10.1. The molecule has 0 aliphatic carbocycles. The zero-order chi connectivity index (χ0) is 10.8. The number of rotatable bonds is 2. The molecule has 0 spiro atoms. The summed E-state index contributed by atoms with van der Waals surface area (Å²) in [5.74, 6) is 0. The Morgan fingerprint density at radius 2 is 2.33 bits per heavy atom. The van der Waals surface area contributed by atoms with Gasteiger partial charge in [-0.25, -0.2) is 4.98 Å². The Kier molecular flexibility index (Phi) is 3.42. The van der Waals surface area contributed by atoms with Crippen LogP contribution in [0, 0.1) is 0 Å². The summed E-state index contributed by atoms with van der Waals surface area (Å²) in [5.41, 5.74) is 1.34. The Hall–Kier alpha value is -0.410. The zero-order valence-electron chi connectivity index (χ0n) is 9.28. The first kappa shape index (κ1) is 11.1. The molecule has 1 saturated heterocycles. The van der Waals surface area contributed by atoms with Crippen molar-refractivity contribution in [3.63, 3.8) is 0 Å². The summed E-state index contributed by atoms with van der Waals surface area (Å²) >= 11 is 3.55. The third-order valence-electron chi connectivity index (χ3n) is 3.10. The summed E-state index contributed by atoms with van der Waals surface area (Å²) in [4.78, 5) is 6.86. The first-order valence-corrected chi connectivity index (χ1v) is 6.35. The highest BCUT2D eigenvalue weighted by Crippen LogP contribution is 2.35. The van der Waals surface area contributed by atoms with Crippen molar-refractivity contribution >= 4 is 15.9 Å². The van der Waals surface area contributed by atoms with Crippen LogP contribution in [-0.4, -0.2) is 22.5 Å². The maximum absolute atomic E-state index is 4.31. The average molecular weight is 269 g/mol. The highest BCUT2D eigenvalue weighted by Gasteiger charge is 2.29. The third kappa shape index (κ3) is 2.23. The third-order valence-corrected chi connectivity index (χ3v) is 3.77. The van der Waals surface area contributed by atoms with Gasteiger partial charge >= 0.3 is 0 Å². The molecule has 1 fully saturated rings. The molecule has 0 bridgehead atoms. The monoisotopic (exact) mass is 268 g/mol. The van der Waals surface area contributed by atoms with E-state index in [0.717, 1.165) is 4.60 Å². The molecule has 0 aromatic carbocycles. The van der Waals surface area contributed by atoms with Crippen LogP contribution < -0.4 is 0 Å². The number of likely N-dealkylation sites (tertiary alicyclic amines) is 1. The number of halogens is 1. The van der Waals surface area contributed by atoms with Crippen LogP contribution in [0.5, 0.6) is 0 Å². The van der Waals surface area contributed by atoms with Crippen molar-refractivity contribution in [2.24, 2.45) is 0 Å². The average Bonchev–Trinajstić information content (AvgIpc) is 2.67. The molecule has 15 heavy (non-hydrogen) atoms. The fourth-order valence-electron chi connectivity index (χ4n) is 2.39. The number of aromatic nitrogens is 1. The molecule has 1 aliphatic heterocycles. The number of hydrogen-bond donors (Lipinski definition) is 0. The van der Waals surface area contributed by atoms with Crippen LogP contribution in [-0.2, 0) is 0 Å². The summed E-state index contributed by atoms with van der Waals surface area (Å²) in [7, 11) is 0. The van der Waals surface area contributed by atoms with Gasteiger partial charge in [0.2, 0.25) is 0 Å². The zero-order valence-corrected chi connectivity index (χ0v) is 10.9. The van der Waals surface area contributed by atoms with Crippen molar-refractivity contribution in [2.45, 2.75) is 38.8 Å². The van der Waals surface area contributed by atoms with E-state index in [1.807, 2.05) is 12.3 Å². The second-order valence-electron chi connectivity index (χ2n) is 4.37. The van der Waals surface area contributed by atoms with Gasteiger partial charge in [-0.05, 0) is 55.2 Å². The van der Waals surface area contributed by atoms with Crippen molar-refractivity contribution in [1.82, 2.24) is 9.88 Å². The standard InChI is InChI=1S/C12H17BrN2/c1-9(2)15-8-4-6-11(15)10-5-3-7-14-12(10)13/h3,5,7,9,11H,4,6,8H2,1-2H3/t11-/m0/s1. The van der Waals surface area contributed by atoms with Gasteiger partial charge in [-0.2, -0.15) is 0 Å². The van der Waals surface area contributed by atoms with Crippen LogP contribution in [0.1, 0.15) is 38.3 Å². The highest BCUT2D eigenvalue weighted by atomic mass is 79.9. The van der Waals surface area contributed by atoms with Crippen molar-refractivity contribution in [2.75, 3.05) is 6.54 Å². The SMILES string of the molecule is CC(C)N1CCC[C@H]1c1cccnc1Br. The fourth-order valence-corrected chi connectivity index (χ4v) is 2.90. The van der Waals surface area contributed by atoms with Gasteiger partial charge < -0.3 is 0 Å². The van der Waals surface area contributed by atoms with Gasteiger partial charge in [0.1, 0.15) is 4.60 Å². The smallest absolute Gasteiger partial charge is 0.110 e. The van der Waals surface area contributed by atoms with Crippen molar-refractivity contribution in [1.29, 1.82) is 0 Å². The van der Waals surface area contributed by atoms with E-state index in [9.17, 15) is 0 Å². The largest absolute Gasteiger partial charge is 0.294 e. The minimum Gasteiger partial charge on any atom is -0.294 e. The number of hydrogen-bond acceptors (Lipinski definition) is 2. The van der Waals surface area contributed by atoms with Crippen LogP contribution in [0.2, 0.25) is 0 Å². The minimum absolute atomic E-state index is 0.549. The maximum Gasteiger partial charge on any atom is 0.110 e. The highest BCUT2D eigenvalue weighted by molar-refractivity contribution is 9.10. The molecule has 2 nitrogen and oxygen atoms in total. The molecule has 1 aliphatic rings. The summed E-state index contributed by atoms with van der Waals surface area (Å²) in [6.07, 6.45) is 4.38. The maximum atomic E-state index is 4.31. The molecular weight excluding hydrogens is 252 g/mol. The Balaban J connectivity index is 2.27. The predicted molar refractivity (Wildman–Crippen MR) is 65.8 cm³/mol. The molecule has 0 unspecified atom stereocenters. The van der Waals surface area contributed by atoms with E-state index < -0.39 is 0 Å². The number of nitrogens with zero attached hydrogens (tertiary/aromatic N) is 2. The molecule has 3 heteroatoms. The minimum atomic E-state index is 0.549. The quantitative estimate of drug-likeness (QED) is 0.765.